The van der Waals surface area contributed by atoms with Crippen LogP contribution in [0.4, 0.5) is 5.69 Å². The number of pyridine rings is 2. The predicted molar refractivity (Wildman–Crippen MR) is 55.8 cm³/mol. The Bertz CT molecular complexity index is 333. The van der Waals surface area contributed by atoms with Crippen LogP contribution in [0.25, 0.3) is 0 Å². The molecule has 0 saturated heterocycles. The second-order valence-corrected chi connectivity index (χ2v) is 2.95. The summed E-state index contributed by atoms with van der Waals surface area (Å²) in [6, 6.07) is 7.86. The van der Waals surface area contributed by atoms with Gasteiger partial charge >= 0.3 is 0 Å². The molecule has 0 aliphatic heterocycles. The average molecular weight is 185 g/mol. The van der Waals surface area contributed by atoms with Gasteiger partial charge < -0.3 is 5.32 Å². The highest BCUT2D eigenvalue weighted by molar-refractivity contribution is 5.41. The van der Waals surface area contributed by atoms with Crippen LogP contribution in [0.5, 0.6) is 0 Å². The summed E-state index contributed by atoms with van der Waals surface area (Å²) in [7, 11) is 0. The Hall–Kier alpha value is -1.90. The predicted octanol–water partition coefficient (Wildman–Crippen LogP) is 2.09. The van der Waals surface area contributed by atoms with Crippen molar-refractivity contribution in [2.24, 2.45) is 0 Å². The van der Waals surface area contributed by atoms with Crippen LogP contribution < -0.4 is 5.32 Å². The summed E-state index contributed by atoms with van der Waals surface area (Å²) in [5, 5.41) is 3.28. The topological polar surface area (TPSA) is 37.8 Å². The number of rotatable bonds is 3. The second kappa shape index (κ2) is 4.37. The number of aromatic nitrogens is 2. The number of anilines is 1. The van der Waals surface area contributed by atoms with E-state index in [0.717, 1.165) is 12.2 Å². The van der Waals surface area contributed by atoms with E-state index in [4.69, 9.17) is 0 Å². The maximum Gasteiger partial charge on any atom is 0.0416 e. The van der Waals surface area contributed by atoms with Crippen molar-refractivity contribution >= 4 is 5.69 Å². The number of nitrogens with zero attached hydrogens (tertiary/aromatic N) is 2. The molecule has 0 saturated carbocycles. The van der Waals surface area contributed by atoms with E-state index in [9.17, 15) is 0 Å². The first-order chi connectivity index (χ1) is 6.95. The van der Waals surface area contributed by atoms with Gasteiger partial charge in [-0.1, -0.05) is 6.07 Å². The molecule has 3 nitrogen and oxygen atoms in total. The van der Waals surface area contributed by atoms with Gasteiger partial charge in [-0.25, -0.2) is 0 Å². The van der Waals surface area contributed by atoms with Crippen LogP contribution >= 0.6 is 0 Å². The van der Waals surface area contributed by atoms with E-state index in [1.54, 1.807) is 18.6 Å². The van der Waals surface area contributed by atoms with Crippen LogP contribution in [0.15, 0.2) is 49.1 Å². The Morgan fingerprint density at radius 3 is 2.57 bits per heavy atom. The lowest BCUT2D eigenvalue weighted by Gasteiger charge is -2.04. The molecule has 1 N–H and O–H groups in total. The van der Waals surface area contributed by atoms with Crippen LogP contribution in [-0.2, 0) is 6.54 Å². The van der Waals surface area contributed by atoms with Crippen molar-refractivity contribution in [3.05, 3.63) is 54.6 Å². The first-order valence-electron chi connectivity index (χ1n) is 4.48. The fourth-order valence-electron chi connectivity index (χ4n) is 1.18. The van der Waals surface area contributed by atoms with Crippen LogP contribution in [0.1, 0.15) is 5.56 Å². The highest BCUT2D eigenvalue weighted by Crippen LogP contribution is 2.05. The Kier molecular flexibility index (Phi) is 2.71. The van der Waals surface area contributed by atoms with Gasteiger partial charge in [0, 0.05) is 37.0 Å². The maximum atomic E-state index is 4.04. The summed E-state index contributed by atoms with van der Waals surface area (Å²) in [4.78, 5) is 7.99. The zero-order chi connectivity index (χ0) is 9.64. The SMILES string of the molecule is c1cncc(CNc2ccncc2)c1. The van der Waals surface area contributed by atoms with E-state index >= 15 is 0 Å². The summed E-state index contributed by atoms with van der Waals surface area (Å²) in [5.74, 6) is 0. The first kappa shape index (κ1) is 8.69. The third kappa shape index (κ3) is 2.29. The van der Waals surface area contributed by atoms with Crippen LogP contribution in [0.3, 0.4) is 0 Å². The van der Waals surface area contributed by atoms with E-state index in [1.165, 1.54) is 5.56 Å². The lowest BCUT2D eigenvalue weighted by molar-refractivity contribution is 1.11. The zero-order valence-electron chi connectivity index (χ0n) is 7.72. The summed E-state index contributed by atoms with van der Waals surface area (Å²) >= 11 is 0. The van der Waals surface area contributed by atoms with Gasteiger partial charge in [0.1, 0.15) is 0 Å². The fraction of sp³-hybridized carbons (Fsp3) is 0.0909. The smallest absolute Gasteiger partial charge is 0.0416 e. The summed E-state index contributed by atoms with van der Waals surface area (Å²) in [6.45, 7) is 0.790. The van der Waals surface area contributed by atoms with Crippen molar-refractivity contribution in [1.82, 2.24) is 9.97 Å². The van der Waals surface area contributed by atoms with E-state index in [1.807, 2.05) is 30.5 Å². The Labute approximate surface area is 82.8 Å². The lowest BCUT2D eigenvalue weighted by Crippen LogP contribution is -1.99. The molecule has 0 fully saturated rings. The van der Waals surface area contributed by atoms with Crippen molar-refractivity contribution in [2.75, 3.05) is 5.32 Å². The molecule has 14 heavy (non-hydrogen) atoms. The fourth-order valence-corrected chi connectivity index (χ4v) is 1.18. The third-order valence-corrected chi connectivity index (χ3v) is 1.90. The molecule has 0 radical (unpaired) electrons. The molecule has 2 heterocycles. The minimum Gasteiger partial charge on any atom is -0.381 e. The molecule has 2 aromatic heterocycles. The molecule has 0 aliphatic rings. The van der Waals surface area contributed by atoms with Crippen molar-refractivity contribution in [3.63, 3.8) is 0 Å². The van der Waals surface area contributed by atoms with Crippen molar-refractivity contribution in [1.29, 1.82) is 0 Å². The Morgan fingerprint density at radius 1 is 1.00 bits per heavy atom. The summed E-state index contributed by atoms with van der Waals surface area (Å²) < 4.78 is 0. The van der Waals surface area contributed by atoms with Gasteiger partial charge in [-0.3, -0.25) is 9.97 Å². The van der Waals surface area contributed by atoms with Gasteiger partial charge in [0.15, 0.2) is 0 Å². The van der Waals surface area contributed by atoms with Crippen molar-refractivity contribution in [2.45, 2.75) is 6.54 Å². The zero-order valence-corrected chi connectivity index (χ0v) is 7.72. The molecule has 2 rings (SSSR count). The van der Waals surface area contributed by atoms with Crippen molar-refractivity contribution in [3.8, 4) is 0 Å². The lowest BCUT2D eigenvalue weighted by atomic mass is 10.3. The van der Waals surface area contributed by atoms with Crippen LogP contribution in [0, 0.1) is 0 Å². The maximum absolute atomic E-state index is 4.04. The minimum absolute atomic E-state index is 0.790. The van der Waals surface area contributed by atoms with Gasteiger partial charge in [0.05, 0.1) is 0 Å². The highest BCUT2D eigenvalue weighted by Gasteiger charge is 1.91. The molecule has 3 heteroatoms. The van der Waals surface area contributed by atoms with E-state index < -0.39 is 0 Å². The van der Waals surface area contributed by atoms with Gasteiger partial charge in [-0.15, -0.1) is 0 Å². The van der Waals surface area contributed by atoms with Gasteiger partial charge in [0.25, 0.3) is 0 Å². The number of hydrogen-bond donors (Lipinski definition) is 1. The molecule has 0 aliphatic carbocycles. The number of hydrogen-bond acceptors (Lipinski definition) is 3. The molecule has 0 unspecified atom stereocenters. The third-order valence-electron chi connectivity index (χ3n) is 1.90. The molecular formula is C11H11N3. The van der Waals surface area contributed by atoms with Gasteiger partial charge in [0.2, 0.25) is 0 Å². The van der Waals surface area contributed by atoms with Gasteiger partial charge in [-0.2, -0.15) is 0 Å². The van der Waals surface area contributed by atoms with Crippen LogP contribution in [-0.4, -0.2) is 9.97 Å². The highest BCUT2D eigenvalue weighted by atomic mass is 14.9. The Balaban J connectivity index is 1.96. The minimum atomic E-state index is 0.790. The van der Waals surface area contributed by atoms with E-state index in [-0.39, 0.29) is 0 Å². The average Bonchev–Trinajstić information content (AvgIpc) is 2.29. The molecule has 0 atom stereocenters. The van der Waals surface area contributed by atoms with E-state index in [2.05, 4.69) is 15.3 Å². The molecule has 0 bridgehead atoms. The summed E-state index contributed by atoms with van der Waals surface area (Å²) in [5.41, 5.74) is 2.24. The molecule has 70 valence electrons. The molecule has 0 spiro atoms. The molecular weight excluding hydrogens is 174 g/mol. The number of nitrogens with one attached hydrogen (secondary N) is 1. The quantitative estimate of drug-likeness (QED) is 0.795. The van der Waals surface area contributed by atoms with Crippen LogP contribution in [0.2, 0.25) is 0 Å². The van der Waals surface area contributed by atoms with E-state index in [0.29, 0.717) is 0 Å². The van der Waals surface area contributed by atoms with Crippen molar-refractivity contribution < 1.29 is 0 Å². The molecule has 0 aromatic carbocycles. The molecule has 2 aromatic rings. The standard InChI is InChI=1S/C11H11N3/c1-2-10(8-13-5-1)9-14-11-3-6-12-7-4-11/h1-8H,9H2,(H,12,14). The first-order valence-corrected chi connectivity index (χ1v) is 4.48. The Morgan fingerprint density at radius 2 is 1.86 bits per heavy atom. The van der Waals surface area contributed by atoms with Gasteiger partial charge in [-0.05, 0) is 23.8 Å². The summed E-state index contributed by atoms with van der Waals surface area (Å²) in [6.07, 6.45) is 7.17. The largest absolute Gasteiger partial charge is 0.381 e. The second-order valence-electron chi connectivity index (χ2n) is 2.95. The normalized spacial score (nSPS) is 9.71. The molecule has 0 amide bonds. The monoisotopic (exact) mass is 185 g/mol.